The molecule has 4 nitrogen and oxygen atoms in total. The molecule has 1 heterocycles. The van der Waals surface area contributed by atoms with E-state index in [0.29, 0.717) is 23.3 Å². The van der Waals surface area contributed by atoms with Gasteiger partial charge in [0.05, 0.1) is 0 Å². The highest BCUT2D eigenvalue weighted by molar-refractivity contribution is 5.64. The molecule has 0 atom stereocenters. The molecule has 0 radical (unpaired) electrons. The third kappa shape index (κ3) is 5.92. The van der Waals surface area contributed by atoms with Gasteiger partial charge in [-0.05, 0) is 34.4 Å². The van der Waals surface area contributed by atoms with Gasteiger partial charge in [0.2, 0.25) is 0 Å². The van der Waals surface area contributed by atoms with Gasteiger partial charge in [0.25, 0.3) is 5.60 Å². The lowest BCUT2D eigenvalue weighted by Crippen LogP contribution is -2.53. The van der Waals surface area contributed by atoms with Crippen LogP contribution in [0.3, 0.4) is 0 Å². The van der Waals surface area contributed by atoms with Crippen LogP contribution in [0, 0.1) is 0 Å². The molecule has 198 valence electrons. The predicted molar refractivity (Wildman–Crippen MR) is 127 cm³/mol. The Balaban J connectivity index is 1.35. The van der Waals surface area contributed by atoms with Crippen LogP contribution in [0.4, 0.5) is 26.3 Å². The lowest BCUT2D eigenvalue weighted by atomic mass is 9.90. The quantitative estimate of drug-likeness (QED) is 0.407. The summed E-state index contributed by atoms with van der Waals surface area (Å²) in [6, 6.07) is 18.1. The summed E-state index contributed by atoms with van der Waals surface area (Å²) in [6.45, 7) is 5.08. The minimum atomic E-state index is -5.91. The number of aromatic hydroxyl groups is 1. The summed E-state index contributed by atoms with van der Waals surface area (Å²) in [5.41, 5.74) is -2.97. The Kier molecular flexibility index (Phi) is 7.55. The molecule has 1 fully saturated rings. The Morgan fingerprint density at radius 2 is 0.919 bits per heavy atom. The van der Waals surface area contributed by atoms with Crippen molar-refractivity contribution in [2.24, 2.45) is 0 Å². The highest BCUT2D eigenvalue weighted by Gasteiger charge is 2.71. The maximum absolute atomic E-state index is 13.1. The van der Waals surface area contributed by atoms with Crippen LogP contribution in [0.5, 0.6) is 5.75 Å². The van der Waals surface area contributed by atoms with Crippen molar-refractivity contribution in [3.05, 3.63) is 89.5 Å². The molecule has 2 N–H and O–H groups in total. The van der Waals surface area contributed by atoms with E-state index in [1.807, 2.05) is 24.3 Å². The van der Waals surface area contributed by atoms with E-state index in [2.05, 4.69) is 9.80 Å². The standard InChI is InChI=1S/C27H26F6N2O2/c28-26(29,30)25(37,27(31,32)33)23-9-7-22(8-10-23)21-5-1-19(2-6-21)17-34-13-15-35(16-14-34)18-20-3-11-24(36)12-4-20/h1-12,36-37H,13-18H2. The SMILES string of the molecule is Oc1ccc(CN2CCN(Cc3ccc(-c4ccc(C(O)(C(F)(F)F)C(F)(F)F)cc4)cc3)CC2)cc1. The number of hydrogen-bond donors (Lipinski definition) is 2. The average Bonchev–Trinajstić information content (AvgIpc) is 2.85. The van der Waals surface area contributed by atoms with Gasteiger partial charge in [-0.25, -0.2) is 0 Å². The van der Waals surface area contributed by atoms with Gasteiger partial charge in [0.1, 0.15) is 5.75 Å². The number of rotatable bonds is 6. The van der Waals surface area contributed by atoms with Crippen LogP contribution >= 0.6 is 0 Å². The molecule has 10 heteroatoms. The minimum absolute atomic E-state index is 0.242. The summed E-state index contributed by atoms with van der Waals surface area (Å²) in [6.07, 6.45) is -11.8. The zero-order chi connectivity index (χ0) is 26.8. The third-order valence-electron chi connectivity index (χ3n) is 6.62. The molecule has 1 saturated heterocycles. The first kappa shape index (κ1) is 27.0. The fourth-order valence-electron chi connectivity index (χ4n) is 4.42. The molecular formula is C27H26F6N2O2. The molecule has 0 spiro atoms. The molecule has 0 bridgehead atoms. The first-order valence-electron chi connectivity index (χ1n) is 11.6. The van der Waals surface area contributed by atoms with E-state index in [1.54, 1.807) is 24.3 Å². The molecule has 3 aromatic rings. The number of halogens is 6. The van der Waals surface area contributed by atoms with Crippen LogP contribution in [-0.2, 0) is 18.7 Å². The zero-order valence-electron chi connectivity index (χ0n) is 19.7. The summed E-state index contributed by atoms with van der Waals surface area (Å²) >= 11 is 0. The number of nitrogens with zero attached hydrogens (tertiary/aromatic N) is 2. The molecule has 37 heavy (non-hydrogen) atoms. The van der Waals surface area contributed by atoms with Crippen molar-refractivity contribution in [3.8, 4) is 16.9 Å². The van der Waals surface area contributed by atoms with E-state index in [9.17, 15) is 36.6 Å². The van der Waals surface area contributed by atoms with Crippen molar-refractivity contribution < 1.29 is 36.6 Å². The molecule has 0 unspecified atom stereocenters. The number of aliphatic hydroxyl groups is 1. The van der Waals surface area contributed by atoms with Crippen LogP contribution in [0.25, 0.3) is 11.1 Å². The van der Waals surface area contributed by atoms with Crippen molar-refractivity contribution in [3.63, 3.8) is 0 Å². The van der Waals surface area contributed by atoms with Crippen molar-refractivity contribution >= 4 is 0 Å². The molecule has 0 amide bonds. The van der Waals surface area contributed by atoms with Crippen LogP contribution in [0.15, 0.2) is 72.8 Å². The Hall–Kier alpha value is -3.08. The maximum Gasteiger partial charge on any atom is 0.430 e. The maximum atomic E-state index is 13.1. The topological polar surface area (TPSA) is 46.9 Å². The van der Waals surface area contributed by atoms with Crippen LogP contribution in [0.1, 0.15) is 16.7 Å². The number of benzene rings is 3. The lowest BCUT2D eigenvalue weighted by Gasteiger charge is -2.34. The van der Waals surface area contributed by atoms with E-state index in [1.165, 1.54) is 0 Å². The summed E-state index contributed by atoms with van der Waals surface area (Å²) in [7, 11) is 0. The Morgan fingerprint density at radius 3 is 1.30 bits per heavy atom. The number of phenols is 1. The lowest BCUT2D eigenvalue weighted by molar-refractivity contribution is -0.376. The summed E-state index contributed by atoms with van der Waals surface area (Å²) < 4.78 is 78.6. The van der Waals surface area contributed by atoms with Gasteiger partial charge in [-0.1, -0.05) is 60.7 Å². The van der Waals surface area contributed by atoms with Gasteiger partial charge in [0, 0.05) is 44.8 Å². The molecule has 1 aliphatic heterocycles. The highest BCUT2D eigenvalue weighted by atomic mass is 19.4. The second kappa shape index (κ2) is 10.4. The fourth-order valence-corrected chi connectivity index (χ4v) is 4.42. The number of piperazine rings is 1. The molecule has 0 aliphatic carbocycles. The van der Waals surface area contributed by atoms with E-state index in [-0.39, 0.29) is 5.75 Å². The van der Waals surface area contributed by atoms with E-state index in [4.69, 9.17) is 0 Å². The second-order valence-corrected chi connectivity index (χ2v) is 9.20. The normalized spacial score (nSPS) is 16.2. The Morgan fingerprint density at radius 1 is 0.568 bits per heavy atom. The van der Waals surface area contributed by atoms with Crippen molar-refractivity contribution in [1.29, 1.82) is 0 Å². The van der Waals surface area contributed by atoms with E-state index in [0.717, 1.165) is 62.5 Å². The van der Waals surface area contributed by atoms with Gasteiger partial charge in [-0.15, -0.1) is 0 Å². The molecular weight excluding hydrogens is 498 g/mol. The first-order chi connectivity index (χ1) is 17.4. The van der Waals surface area contributed by atoms with E-state index < -0.39 is 23.5 Å². The number of alkyl halides is 6. The minimum Gasteiger partial charge on any atom is -0.508 e. The summed E-state index contributed by atoms with van der Waals surface area (Å²) in [4.78, 5) is 4.65. The Labute approximate surface area is 210 Å². The van der Waals surface area contributed by atoms with Crippen LogP contribution < -0.4 is 0 Å². The van der Waals surface area contributed by atoms with Crippen LogP contribution in [-0.4, -0.2) is 58.5 Å². The highest BCUT2D eigenvalue weighted by Crippen LogP contribution is 2.50. The van der Waals surface area contributed by atoms with Crippen molar-refractivity contribution in [2.45, 2.75) is 31.0 Å². The van der Waals surface area contributed by atoms with Gasteiger partial charge in [-0.3, -0.25) is 9.80 Å². The second-order valence-electron chi connectivity index (χ2n) is 9.20. The molecule has 0 aromatic heterocycles. The molecule has 0 saturated carbocycles. The predicted octanol–water partition coefficient (Wildman–Crippen LogP) is 5.69. The fraction of sp³-hybridized carbons (Fsp3) is 0.333. The first-order valence-corrected chi connectivity index (χ1v) is 11.6. The van der Waals surface area contributed by atoms with Gasteiger partial charge >= 0.3 is 12.4 Å². The van der Waals surface area contributed by atoms with E-state index >= 15 is 0 Å². The monoisotopic (exact) mass is 524 g/mol. The molecule has 4 rings (SSSR count). The smallest absolute Gasteiger partial charge is 0.430 e. The summed E-state index contributed by atoms with van der Waals surface area (Å²) in [5, 5.41) is 19.0. The zero-order valence-corrected chi connectivity index (χ0v) is 19.7. The molecule has 1 aliphatic rings. The van der Waals surface area contributed by atoms with Crippen LogP contribution in [0.2, 0.25) is 0 Å². The largest absolute Gasteiger partial charge is 0.508 e. The molecule has 3 aromatic carbocycles. The third-order valence-corrected chi connectivity index (χ3v) is 6.62. The van der Waals surface area contributed by atoms with Gasteiger partial charge in [0.15, 0.2) is 0 Å². The number of phenolic OH excluding ortho intramolecular Hbond substituents is 1. The Bertz CT molecular complexity index is 1150. The van der Waals surface area contributed by atoms with Gasteiger partial charge < -0.3 is 10.2 Å². The average molecular weight is 525 g/mol. The van der Waals surface area contributed by atoms with Gasteiger partial charge in [-0.2, -0.15) is 26.3 Å². The number of hydrogen-bond acceptors (Lipinski definition) is 4. The van der Waals surface area contributed by atoms with Crippen molar-refractivity contribution in [2.75, 3.05) is 26.2 Å². The summed E-state index contributed by atoms with van der Waals surface area (Å²) in [5.74, 6) is 0.242. The van der Waals surface area contributed by atoms with Crippen molar-refractivity contribution in [1.82, 2.24) is 9.80 Å².